The van der Waals surface area contributed by atoms with Gasteiger partial charge >= 0.3 is 0 Å². The van der Waals surface area contributed by atoms with Crippen LogP contribution in [0.3, 0.4) is 0 Å². The number of nitriles is 1. The van der Waals surface area contributed by atoms with E-state index in [-0.39, 0.29) is 0 Å². The zero-order valence-corrected chi connectivity index (χ0v) is 15.0. The van der Waals surface area contributed by atoms with Gasteiger partial charge in [0.05, 0.1) is 34.1 Å². The highest BCUT2D eigenvalue weighted by atomic mass is 14.8. The molecule has 0 atom stereocenters. The summed E-state index contributed by atoms with van der Waals surface area (Å²) in [6.45, 7) is 2.52. The van der Waals surface area contributed by atoms with E-state index < -0.39 is 0 Å². The first kappa shape index (κ1) is 16.9. The van der Waals surface area contributed by atoms with Crippen molar-refractivity contribution in [2.75, 3.05) is 0 Å². The third-order valence-electron chi connectivity index (χ3n) is 4.58. The number of fused-ring (bicyclic) bond motifs is 1. The number of aryl methyl sites for hydroxylation is 1. The van der Waals surface area contributed by atoms with E-state index in [0.29, 0.717) is 12.1 Å². The summed E-state index contributed by atoms with van der Waals surface area (Å²) < 4.78 is 0. The van der Waals surface area contributed by atoms with E-state index in [0.717, 1.165) is 39.1 Å². The smallest absolute Gasteiger partial charge is 0.0991 e. The van der Waals surface area contributed by atoms with Crippen molar-refractivity contribution in [3.05, 3.63) is 83.4 Å². The van der Waals surface area contributed by atoms with E-state index in [9.17, 15) is 0 Å². The van der Waals surface area contributed by atoms with Gasteiger partial charge in [-0.1, -0.05) is 48.0 Å². The first-order chi connectivity index (χ1) is 13.2. The maximum Gasteiger partial charge on any atom is 0.0991 e. The minimum absolute atomic E-state index is 0.462. The van der Waals surface area contributed by atoms with Gasteiger partial charge in [0.25, 0.3) is 0 Å². The molecular formula is C23H18N4. The van der Waals surface area contributed by atoms with Crippen LogP contribution in [0.15, 0.2) is 66.7 Å². The van der Waals surface area contributed by atoms with Crippen molar-refractivity contribution in [3.63, 3.8) is 0 Å². The lowest BCUT2D eigenvalue weighted by Crippen LogP contribution is -1.99. The van der Waals surface area contributed by atoms with E-state index in [1.54, 1.807) is 12.1 Å². The molecule has 0 radical (unpaired) electrons. The Morgan fingerprint density at radius 1 is 0.815 bits per heavy atom. The number of nitrogens with zero attached hydrogens (tertiary/aromatic N) is 3. The fraction of sp³-hybridized carbons (Fsp3) is 0.0870. The highest BCUT2D eigenvalue weighted by Gasteiger charge is 2.13. The second-order valence-electron chi connectivity index (χ2n) is 6.50. The molecule has 27 heavy (non-hydrogen) atoms. The lowest BCUT2D eigenvalue weighted by Gasteiger charge is -2.11. The quantitative estimate of drug-likeness (QED) is 0.586. The number of aromatic nitrogens is 2. The molecule has 4 aromatic rings. The van der Waals surface area contributed by atoms with Crippen LogP contribution in [-0.4, -0.2) is 9.97 Å². The summed E-state index contributed by atoms with van der Waals surface area (Å²) in [5.41, 5.74) is 13.8. The van der Waals surface area contributed by atoms with Gasteiger partial charge in [0.1, 0.15) is 0 Å². The van der Waals surface area contributed by atoms with E-state index >= 15 is 0 Å². The summed E-state index contributed by atoms with van der Waals surface area (Å²) >= 11 is 0. The number of nitrogens with two attached hydrogens (primary N) is 1. The fourth-order valence-electron chi connectivity index (χ4n) is 3.04. The number of hydrogen-bond donors (Lipinski definition) is 1. The normalized spacial score (nSPS) is 10.7. The molecule has 0 aliphatic heterocycles. The molecule has 3 aromatic carbocycles. The van der Waals surface area contributed by atoms with Crippen molar-refractivity contribution >= 4 is 11.0 Å². The van der Waals surface area contributed by atoms with Crippen LogP contribution >= 0.6 is 0 Å². The van der Waals surface area contributed by atoms with Gasteiger partial charge in [-0.25, -0.2) is 9.97 Å². The van der Waals surface area contributed by atoms with Gasteiger partial charge in [0, 0.05) is 17.7 Å². The van der Waals surface area contributed by atoms with Gasteiger partial charge in [-0.15, -0.1) is 0 Å². The Hall–Kier alpha value is -3.55. The topological polar surface area (TPSA) is 75.6 Å². The van der Waals surface area contributed by atoms with Gasteiger partial charge in [-0.2, -0.15) is 5.26 Å². The Balaban J connectivity index is 1.98. The van der Waals surface area contributed by atoms with Crippen molar-refractivity contribution in [1.82, 2.24) is 9.97 Å². The second-order valence-corrected chi connectivity index (χ2v) is 6.50. The highest BCUT2D eigenvalue weighted by Crippen LogP contribution is 2.31. The molecule has 4 rings (SSSR count). The number of benzene rings is 3. The molecule has 0 bridgehead atoms. The molecule has 0 aliphatic carbocycles. The minimum Gasteiger partial charge on any atom is -0.326 e. The van der Waals surface area contributed by atoms with Crippen LogP contribution in [0.25, 0.3) is 33.5 Å². The molecule has 1 aromatic heterocycles. The molecule has 130 valence electrons. The molecule has 0 amide bonds. The Morgan fingerprint density at radius 2 is 1.41 bits per heavy atom. The first-order valence-electron chi connectivity index (χ1n) is 8.76. The summed E-state index contributed by atoms with van der Waals surface area (Å²) in [4.78, 5) is 9.81. The number of rotatable bonds is 3. The Labute approximate surface area is 157 Å². The predicted molar refractivity (Wildman–Crippen MR) is 108 cm³/mol. The summed E-state index contributed by atoms with van der Waals surface area (Å²) in [6.07, 6.45) is 0. The molecule has 0 spiro atoms. The lowest BCUT2D eigenvalue weighted by molar-refractivity contribution is 1.07. The van der Waals surface area contributed by atoms with Crippen molar-refractivity contribution in [1.29, 1.82) is 5.26 Å². The van der Waals surface area contributed by atoms with Gasteiger partial charge in [-0.05, 0) is 36.8 Å². The standard InChI is InChI=1S/C23H18N4/c1-15-2-7-18(8-3-15)22-23(19-9-4-16(13-24)5-10-19)27-21-12-17(14-25)6-11-20(21)26-22/h2-12H,14,25H2,1H3. The van der Waals surface area contributed by atoms with E-state index in [1.165, 1.54) is 5.56 Å². The Bertz CT molecular complexity index is 1150. The summed E-state index contributed by atoms with van der Waals surface area (Å²) in [5, 5.41) is 9.07. The maximum atomic E-state index is 9.07. The largest absolute Gasteiger partial charge is 0.326 e. The zero-order valence-electron chi connectivity index (χ0n) is 15.0. The van der Waals surface area contributed by atoms with E-state index in [1.807, 2.05) is 30.3 Å². The third kappa shape index (κ3) is 3.29. The van der Waals surface area contributed by atoms with Crippen molar-refractivity contribution in [3.8, 4) is 28.6 Å². The predicted octanol–water partition coefficient (Wildman–Crippen LogP) is 4.60. The van der Waals surface area contributed by atoms with Crippen LogP contribution in [0.2, 0.25) is 0 Å². The van der Waals surface area contributed by atoms with Crippen LogP contribution in [0.1, 0.15) is 16.7 Å². The maximum absolute atomic E-state index is 9.07. The van der Waals surface area contributed by atoms with Crippen LogP contribution in [0, 0.1) is 18.3 Å². The lowest BCUT2D eigenvalue weighted by atomic mass is 10.0. The highest BCUT2D eigenvalue weighted by molar-refractivity contribution is 5.86. The molecule has 4 heteroatoms. The van der Waals surface area contributed by atoms with E-state index in [2.05, 4.69) is 37.3 Å². The Morgan fingerprint density at radius 3 is 2.00 bits per heavy atom. The average molecular weight is 350 g/mol. The average Bonchev–Trinajstić information content (AvgIpc) is 2.73. The van der Waals surface area contributed by atoms with E-state index in [4.69, 9.17) is 21.0 Å². The molecule has 1 heterocycles. The summed E-state index contributed by atoms with van der Waals surface area (Å²) in [7, 11) is 0. The monoisotopic (exact) mass is 350 g/mol. The molecule has 0 unspecified atom stereocenters. The molecule has 0 saturated carbocycles. The zero-order chi connectivity index (χ0) is 18.8. The molecule has 0 fully saturated rings. The molecule has 0 saturated heterocycles. The van der Waals surface area contributed by atoms with Crippen molar-refractivity contribution < 1.29 is 0 Å². The fourth-order valence-corrected chi connectivity index (χ4v) is 3.04. The Kier molecular flexibility index (Phi) is 4.37. The molecule has 4 nitrogen and oxygen atoms in total. The van der Waals surface area contributed by atoms with Gasteiger partial charge in [0.2, 0.25) is 0 Å². The second kappa shape index (κ2) is 6.99. The minimum atomic E-state index is 0.462. The molecular weight excluding hydrogens is 332 g/mol. The molecule has 2 N–H and O–H groups in total. The first-order valence-corrected chi connectivity index (χ1v) is 8.76. The van der Waals surface area contributed by atoms with Gasteiger partial charge < -0.3 is 5.73 Å². The van der Waals surface area contributed by atoms with Gasteiger partial charge in [0.15, 0.2) is 0 Å². The number of hydrogen-bond acceptors (Lipinski definition) is 4. The van der Waals surface area contributed by atoms with Gasteiger partial charge in [-0.3, -0.25) is 0 Å². The van der Waals surface area contributed by atoms with Crippen LogP contribution in [-0.2, 0) is 6.54 Å². The summed E-state index contributed by atoms with van der Waals surface area (Å²) in [6, 6.07) is 23.8. The van der Waals surface area contributed by atoms with Crippen molar-refractivity contribution in [2.24, 2.45) is 5.73 Å². The van der Waals surface area contributed by atoms with Crippen molar-refractivity contribution in [2.45, 2.75) is 13.5 Å². The van der Waals surface area contributed by atoms with Crippen LogP contribution < -0.4 is 5.73 Å². The van der Waals surface area contributed by atoms with Crippen LogP contribution in [0.5, 0.6) is 0 Å². The third-order valence-corrected chi connectivity index (χ3v) is 4.58. The summed E-state index contributed by atoms with van der Waals surface area (Å²) in [5.74, 6) is 0. The van der Waals surface area contributed by atoms with Crippen LogP contribution in [0.4, 0.5) is 0 Å². The molecule has 0 aliphatic rings. The SMILES string of the molecule is Cc1ccc(-c2nc3ccc(CN)cc3nc2-c2ccc(C#N)cc2)cc1.